The van der Waals surface area contributed by atoms with Crippen molar-refractivity contribution >= 4 is 6.09 Å². The van der Waals surface area contributed by atoms with Crippen LogP contribution in [0.2, 0.25) is 0 Å². The first-order chi connectivity index (χ1) is 9.35. The van der Waals surface area contributed by atoms with Crippen molar-refractivity contribution in [2.45, 2.75) is 57.7 Å². The van der Waals surface area contributed by atoms with Crippen molar-refractivity contribution in [3.63, 3.8) is 0 Å². The molecule has 1 rings (SSSR count). The van der Waals surface area contributed by atoms with Gasteiger partial charge in [-0.3, -0.25) is 0 Å². The average molecular weight is 288 g/mol. The number of hydrogen-bond donors (Lipinski definition) is 4. The number of hydrogen-bond acceptors (Lipinski definition) is 5. The molecule has 4 N–H and O–H groups in total. The quantitative estimate of drug-likeness (QED) is 0.575. The fourth-order valence-electron chi connectivity index (χ4n) is 2.50. The Balaban J connectivity index is 2.36. The van der Waals surface area contributed by atoms with Gasteiger partial charge in [0.15, 0.2) is 0 Å². The molecule has 1 fully saturated rings. The van der Waals surface area contributed by atoms with Gasteiger partial charge in [0.2, 0.25) is 0 Å². The van der Waals surface area contributed by atoms with Crippen molar-refractivity contribution < 1.29 is 19.7 Å². The minimum atomic E-state index is -0.490. The molecule has 1 amide bonds. The predicted octanol–water partition coefficient (Wildman–Crippen LogP) is 0.623. The molecule has 20 heavy (non-hydrogen) atoms. The number of aliphatic hydroxyl groups is 2. The van der Waals surface area contributed by atoms with E-state index in [1.807, 2.05) is 20.8 Å². The van der Waals surface area contributed by atoms with Crippen LogP contribution in [0, 0.1) is 5.92 Å². The third kappa shape index (κ3) is 6.07. The first-order valence-electron chi connectivity index (χ1n) is 7.30. The molecule has 0 aromatic rings. The lowest BCUT2D eigenvalue weighted by molar-refractivity contribution is 0.0515. The summed E-state index contributed by atoms with van der Waals surface area (Å²) in [6.45, 7) is 5.88. The highest BCUT2D eigenvalue weighted by molar-refractivity contribution is 5.67. The molecule has 0 aromatic carbocycles. The fourth-order valence-corrected chi connectivity index (χ4v) is 2.50. The molecule has 0 radical (unpaired) electrons. The Kier molecular flexibility index (Phi) is 6.71. The van der Waals surface area contributed by atoms with E-state index in [0.717, 1.165) is 19.3 Å². The van der Waals surface area contributed by atoms with Gasteiger partial charge in [-0.05, 0) is 39.5 Å². The van der Waals surface area contributed by atoms with Gasteiger partial charge in [0.1, 0.15) is 5.60 Å². The standard InChI is InChI=1S/C14H28N2O4/c1-14(2,3)20-13(19)15-7-10-5-4-6-12(10)16-11(8-17)9-18/h10-12,16-18H,4-9H2,1-3H3,(H,15,19). The molecule has 1 aliphatic rings. The third-order valence-electron chi connectivity index (χ3n) is 3.46. The minimum Gasteiger partial charge on any atom is -0.444 e. The van der Waals surface area contributed by atoms with Crippen LogP contribution in [0.15, 0.2) is 0 Å². The molecule has 6 nitrogen and oxygen atoms in total. The van der Waals surface area contributed by atoms with Crippen molar-refractivity contribution in [3.05, 3.63) is 0 Å². The first kappa shape index (κ1) is 17.2. The molecule has 0 saturated heterocycles. The van der Waals surface area contributed by atoms with E-state index >= 15 is 0 Å². The zero-order valence-corrected chi connectivity index (χ0v) is 12.7. The summed E-state index contributed by atoms with van der Waals surface area (Å²) in [7, 11) is 0. The molecule has 0 bridgehead atoms. The summed E-state index contributed by atoms with van der Waals surface area (Å²) in [4.78, 5) is 11.6. The van der Waals surface area contributed by atoms with Crippen LogP contribution >= 0.6 is 0 Å². The molecule has 0 aliphatic heterocycles. The SMILES string of the molecule is CC(C)(C)OC(=O)NCC1CCCC1NC(CO)CO. The highest BCUT2D eigenvalue weighted by Crippen LogP contribution is 2.25. The van der Waals surface area contributed by atoms with E-state index in [1.54, 1.807) is 0 Å². The Hall–Kier alpha value is -0.850. The topological polar surface area (TPSA) is 90.8 Å². The molecule has 6 heteroatoms. The van der Waals surface area contributed by atoms with Crippen LogP contribution in [0.3, 0.4) is 0 Å². The van der Waals surface area contributed by atoms with E-state index in [4.69, 9.17) is 14.9 Å². The van der Waals surface area contributed by atoms with Crippen LogP contribution < -0.4 is 10.6 Å². The lowest BCUT2D eigenvalue weighted by Gasteiger charge is -2.26. The van der Waals surface area contributed by atoms with E-state index in [9.17, 15) is 4.79 Å². The Morgan fingerprint density at radius 1 is 1.30 bits per heavy atom. The highest BCUT2D eigenvalue weighted by Gasteiger charge is 2.29. The summed E-state index contributed by atoms with van der Waals surface area (Å²) in [5, 5.41) is 24.3. The maximum atomic E-state index is 11.6. The number of ether oxygens (including phenoxy) is 1. The maximum absolute atomic E-state index is 11.6. The Morgan fingerprint density at radius 2 is 1.95 bits per heavy atom. The van der Waals surface area contributed by atoms with Crippen LogP contribution in [0.4, 0.5) is 4.79 Å². The Morgan fingerprint density at radius 3 is 2.50 bits per heavy atom. The predicted molar refractivity (Wildman–Crippen MR) is 76.5 cm³/mol. The maximum Gasteiger partial charge on any atom is 0.407 e. The second-order valence-corrected chi connectivity index (χ2v) is 6.41. The monoisotopic (exact) mass is 288 g/mol. The number of rotatable bonds is 6. The summed E-state index contributed by atoms with van der Waals surface area (Å²) < 4.78 is 5.21. The van der Waals surface area contributed by atoms with E-state index in [1.165, 1.54) is 0 Å². The van der Waals surface area contributed by atoms with E-state index in [0.29, 0.717) is 12.5 Å². The smallest absolute Gasteiger partial charge is 0.407 e. The fraction of sp³-hybridized carbons (Fsp3) is 0.929. The second-order valence-electron chi connectivity index (χ2n) is 6.41. The summed E-state index contributed by atoms with van der Waals surface area (Å²) in [5.41, 5.74) is -0.490. The zero-order valence-electron chi connectivity index (χ0n) is 12.7. The summed E-state index contributed by atoms with van der Waals surface area (Å²) >= 11 is 0. The number of nitrogens with one attached hydrogen (secondary N) is 2. The van der Waals surface area contributed by atoms with Gasteiger partial charge >= 0.3 is 6.09 Å². The summed E-state index contributed by atoms with van der Waals surface area (Å²) in [6, 6.07) is -0.0728. The van der Waals surface area contributed by atoms with Crippen LogP contribution in [-0.4, -0.2) is 53.7 Å². The largest absolute Gasteiger partial charge is 0.444 e. The number of carbonyl (C=O) groups excluding carboxylic acids is 1. The third-order valence-corrected chi connectivity index (χ3v) is 3.46. The van der Waals surface area contributed by atoms with Crippen LogP contribution in [0.1, 0.15) is 40.0 Å². The normalized spacial score (nSPS) is 23.1. The van der Waals surface area contributed by atoms with Gasteiger partial charge in [0, 0.05) is 12.6 Å². The average Bonchev–Trinajstić information content (AvgIpc) is 2.78. The van der Waals surface area contributed by atoms with Gasteiger partial charge in [-0.15, -0.1) is 0 Å². The highest BCUT2D eigenvalue weighted by atomic mass is 16.6. The molecule has 1 aliphatic carbocycles. The van der Waals surface area contributed by atoms with Gasteiger partial charge in [-0.1, -0.05) is 6.42 Å². The zero-order chi connectivity index (χ0) is 15.2. The van der Waals surface area contributed by atoms with Crippen molar-refractivity contribution in [1.29, 1.82) is 0 Å². The van der Waals surface area contributed by atoms with Crippen molar-refractivity contribution in [2.24, 2.45) is 5.92 Å². The number of carbonyl (C=O) groups is 1. The Bertz CT molecular complexity index is 300. The van der Waals surface area contributed by atoms with Crippen LogP contribution in [0.25, 0.3) is 0 Å². The lowest BCUT2D eigenvalue weighted by Crippen LogP contribution is -2.47. The molecule has 118 valence electrons. The van der Waals surface area contributed by atoms with Gasteiger partial charge in [-0.2, -0.15) is 0 Å². The molecule has 1 saturated carbocycles. The van der Waals surface area contributed by atoms with Crippen molar-refractivity contribution in [2.75, 3.05) is 19.8 Å². The first-order valence-corrected chi connectivity index (χ1v) is 7.30. The summed E-state index contributed by atoms with van der Waals surface area (Å²) in [6.07, 6.45) is 2.71. The molecule has 0 spiro atoms. The van der Waals surface area contributed by atoms with Crippen LogP contribution in [0.5, 0.6) is 0 Å². The number of amides is 1. The van der Waals surface area contributed by atoms with Crippen LogP contribution in [-0.2, 0) is 4.74 Å². The molecular formula is C14H28N2O4. The molecule has 2 unspecified atom stereocenters. The van der Waals surface area contributed by atoms with E-state index < -0.39 is 11.7 Å². The van der Waals surface area contributed by atoms with Crippen molar-refractivity contribution in [1.82, 2.24) is 10.6 Å². The molecule has 0 aromatic heterocycles. The lowest BCUT2D eigenvalue weighted by atomic mass is 10.0. The molecule has 2 atom stereocenters. The molecule has 0 heterocycles. The van der Waals surface area contributed by atoms with Gasteiger partial charge in [0.25, 0.3) is 0 Å². The van der Waals surface area contributed by atoms with Gasteiger partial charge in [0.05, 0.1) is 19.3 Å². The molecular weight excluding hydrogens is 260 g/mol. The Labute approximate surface area is 120 Å². The van der Waals surface area contributed by atoms with Crippen molar-refractivity contribution in [3.8, 4) is 0 Å². The van der Waals surface area contributed by atoms with Gasteiger partial charge < -0.3 is 25.6 Å². The second kappa shape index (κ2) is 7.81. The van der Waals surface area contributed by atoms with E-state index in [-0.39, 0.29) is 25.3 Å². The summed E-state index contributed by atoms with van der Waals surface area (Å²) in [5.74, 6) is 0.308. The number of alkyl carbamates (subject to hydrolysis) is 1. The minimum absolute atomic E-state index is 0.0841. The number of aliphatic hydroxyl groups excluding tert-OH is 2. The van der Waals surface area contributed by atoms with E-state index in [2.05, 4.69) is 10.6 Å². The van der Waals surface area contributed by atoms with Gasteiger partial charge in [-0.25, -0.2) is 4.79 Å².